The van der Waals surface area contributed by atoms with Gasteiger partial charge in [0.15, 0.2) is 6.10 Å². The van der Waals surface area contributed by atoms with Gasteiger partial charge in [0.1, 0.15) is 0 Å². The number of thiazole rings is 1. The highest BCUT2D eigenvalue weighted by Gasteiger charge is 2.27. The van der Waals surface area contributed by atoms with Crippen molar-refractivity contribution in [3.05, 3.63) is 22.2 Å². The number of carbonyl (C=O) groups excluding carboxylic acids is 1. The number of aryl methyl sites for hydroxylation is 1. The van der Waals surface area contributed by atoms with E-state index in [2.05, 4.69) is 4.98 Å². The van der Waals surface area contributed by atoms with Gasteiger partial charge in [0.05, 0.1) is 23.9 Å². The number of hydrogen-bond acceptors (Lipinski definition) is 5. The Kier molecular flexibility index (Phi) is 4.28. The van der Waals surface area contributed by atoms with E-state index < -0.39 is 12.1 Å². The lowest BCUT2D eigenvalue weighted by molar-refractivity contribution is -0.158. The molecular formula is C12H14N2O4S. The Morgan fingerprint density at radius 2 is 2.42 bits per heavy atom. The molecule has 2 rings (SSSR count). The van der Waals surface area contributed by atoms with E-state index in [0.717, 1.165) is 10.7 Å². The second kappa shape index (κ2) is 5.94. The van der Waals surface area contributed by atoms with E-state index >= 15 is 0 Å². The standard InChI is InChI=1S/C12H14N2O4S/c1-8-13-9(7-19-8)2-3-11(15)14-4-5-18-10(6-14)12(16)17/h2-3,7,10H,4-6H2,1H3,(H,16,17)/b3-2-/t10-/m0/s1. The van der Waals surface area contributed by atoms with Crippen LogP contribution in [0.2, 0.25) is 0 Å². The van der Waals surface area contributed by atoms with Gasteiger partial charge in [0, 0.05) is 18.0 Å². The third kappa shape index (κ3) is 3.62. The highest BCUT2D eigenvalue weighted by molar-refractivity contribution is 7.09. The molecule has 0 aromatic carbocycles. The third-order valence-electron chi connectivity index (χ3n) is 2.69. The summed E-state index contributed by atoms with van der Waals surface area (Å²) in [4.78, 5) is 28.4. The zero-order valence-corrected chi connectivity index (χ0v) is 11.2. The fourth-order valence-electron chi connectivity index (χ4n) is 1.72. The smallest absolute Gasteiger partial charge is 0.334 e. The molecule has 19 heavy (non-hydrogen) atoms. The summed E-state index contributed by atoms with van der Waals surface area (Å²) in [7, 11) is 0. The van der Waals surface area contributed by atoms with E-state index in [4.69, 9.17) is 9.84 Å². The Morgan fingerprint density at radius 3 is 3.05 bits per heavy atom. The van der Waals surface area contributed by atoms with Crippen molar-refractivity contribution < 1.29 is 19.4 Å². The SMILES string of the molecule is Cc1nc(/C=C\C(=O)N2CCO[C@H](C(=O)O)C2)cs1. The van der Waals surface area contributed by atoms with Gasteiger partial charge >= 0.3 is 5.97 Å². The molecule has 0 aliphatic carbocycles. The molecule has 1 aromatic heterocycles. The second-order valence-corrected chi connectivity index (χ2v) is 5.17. The molecule has 7 heteroatoms. The lowest BCUT2D eigenvalue weighted by Crippen LogP contribution is -2.48. The van der Waals surface area contributed by atoms with Crippen molar-refractivity contribution in [2.24, 2.45) is 0 Å². The Labute approximate surface area is 114 Å². The maximum Gasteiger partial charge on any atom is 0.334 e. The Morgan fingerprint density at radius 1 is 1.63 bits per heavy atom. The monoisotopic (exact) mass is 282 g/mol. The zero-order chi connectivity index (χ0) is 13.8. The van der Waals surface area contributed by atoms with Crippen LogP contribution in [-0.4, -0.2) is 52.7 Å². The van der Waals surface area contributed by atoms with E-state index in [-0.39, 0.29) is 19.1 Å². The molecule has 0 radical (unpaired) electrons. The topological polar surface area (TPSA) is 79.7 Å². The van der Waals surface area contributed by atoms with Crippen molar-refractivity contribution in [2.75, 3.05) is 19.7 Å². The van der Waals surface area contributed by atoms with Gasteiger partial charge in [-0.05, 0) is 13.0 Å². The van der Waals surface area contributed by atoms with E-state index in [9.17, 15) is 9.59 Å². The van der Waals surface area contributed by atoms with Crippen LogP contribution < -0.4 is 0 Å². The molecule has 1 N–H and O–H groups in total. The molecule has 0 bridgehead atoms. The highest BCUT2D eigenvalue weighted by atomic mass is 32.1. The van der Waals surface area contributed by atoms with Gasteiger partial charge in [-0.2, -0.15) is 0 Å². The van der Waals surface area contributed by atoms with Crippen LogP contribution in [0.25, 0.3) is 6.08 Å². The van der Waals surface area contributed by atoms with E-state index in [0.29, 0.717) is 6.54 Å². The number of aromatic nitrogens is 1. The number of hydrogen-bond donors (Lipinski definition) is 1. The molecule has 2 heterocycles. The van der Waals surface area contributed by atoms with Crippen LogP contribution >= 0.6 is 11.3 Å². The summed E-state index contributed by atoms with van der Waals surface area (Å²) in [5.41, 5.74) is 0.735. The Balaban J connectivity index is 1.96. The highest BCUT2D eigenvalue weighted by Crippen LogP contribution is 2.10. The number of nitrogens with zero attached hydrogens (tertiary/aromatic N) is 2. The molecule has 1 aliphatic rings. The molecule has 0 saturated carbocycles. The molecule has 1 fully saturated rings. The average Bonchev–Trinajstić information content (AvgIpc) is 2.82. The largest absolute Gasteiger partial charge is 0.479 e. The lowest BCUT2D eigenvalue weighted by atomic mass is 10.2. The Hall–Kier alpha value is -1.73. The predicted molar refractivity (Wildman–Crippen MR) is 69.8 cm³/mol. The summed E-state index contributed by atoms with van der Waals surface area (Å²) >= 11 is 1.51. The molecule has 1 amide bonds. The molecular weight excluding hydrogens is 268 g/mol. The fourth-order valence-corrected chi connectivity index (χ4v) is 2.30. The number of rotatable bonds is 3. The van der Waals surface area contributed by atoms with Gasteiger partial charge in [0.2, 0.25) is 5.91 Å². The van der Waals surface area contributed by atoms with Crippen molar-refractivity contribution in [3.63, 3.8) is 0 Å². The number of aliphatic carboxylic acids is 1. The summed E-state index contributed by atoms with van der Waals surface area (Å²) in [5.74, 6) is -1.27. The quantitative estimate of drug-likeness (QED) is 0.829. The van der Waals surface area contributed by atoms with Gasteiger partial charge in [0.25, 0.3) is 0 Å². The molecule has 1 aliphatic heterocycles. The molecule has 102 valence electrons. The van der Waals surface area contributed by atoms with Crippen LogP contribution in [0.15, 0.2) is 11.5 Å². The normalized spacial score (nSPS) is 19.8. The molecule has 0 unspecified atom stereocenters. The molecule has 1 atom stereocenters. The molecule has 6 nitrogen and oxygen atoms in total. The number of morpholine rings is 1. The van der Waals surface area contributed by atoms with Crippen LogP contribution in [0.4, 0.5) is 0 Å². The van der Waals surface area contributed by atoms with Crippen molar-refractivity contribution in [3.8, 4) is 0 Å². The van der Waals surface area contributed by atoms with Crippen LogP contribution in [0, 0.1) is 6.92 Å². The number of carboxylic acid groups (broad SMARTS) is 1. The predicted octanol–water partition coefficient (Wildman–Crippen LogP) is 0.777. The van der Waals surface area contributed by atoms with Crippen LogP contribution in [0.3, 0.4) is 0 Å². The van der Waals surface area contributed by atoms with Gasteiger partial charge < -0.3 is 14.7 Å². The first-order valence-corrected chi connectivity index (χ1v) is 6.68. The third-order valence-corrected chi connectivity index (χ3v) is 3.48. The summed E-state index contributed by atoms with van der Waals surface area (Å²) in [6.07, 6.45) is 2.11. The van der Waals surface area contributed by atoms with Gasteiger partial charge in [-0.25, -0.2) is 9.78 Å². The minimum atomic E-state index is -1.04. The lowest BCUT2D eigenvalue weighted by Gasteiger charge is -2.30. The van der Waals surface area contributed by atoms with Crippen molar-refractivity contribution in [2.45, 2.75) is 13.0 Å². The number of amides is 1. The van der Waals surface area contributed by atoms with Crippen molar-refractivity contribution in [1.29, 1.82) is 0 Å². The maximum absolute atomic E-state index is 11.9. The first kappa shape index (κ1) is 13.7. The number of carboxylic acids is 1. The maximum atomic E-state index is 11.9. The summed E-state index contributed by atoms with van der Waals surface area (Å²) < 4.78 is 5.06. The van der Waals surface area contributed by atoms with Crippen LogP contribution in [0.5, 0.6) is 0 Å². The summed E-state index contributed by atoms with van der Waals surface area (Å²) in [6, 6.07) is 0. The van der Waals surface area contributed by atoms with Gasteiger partial charge in [-0.1, -0.05) is 0 Å². The van der Waals surface area contributed by atoms with E-state index in [1.54, 1.807) is 6.08 Å². The number of ether oxygens (including phenoxy) is 1. The van der Waals surface area contributed by atoms with E-state index in [1.165, 1.54) is 22.3 Å². The van der Waals surface area contributed by atoms with Crippen LogP contribution in [-0.2, 0) is 14.3 Å². The van der Waals surface area contributed by atoms with Crippen LogP contribution in [0.1, 0.15) is 10.7 Å². The first-order valence-electron chi connectivity index (χ1n) is 5.80. The minimum absolute atomic E-state index is 0.0780. The average molecular weight is 282 g/mol. The van der Waals surface area contributed by atoms with Gasteiger partial charge in [-0.15, -0.1) is 11.3 Å². The zero-order valence-electron chi connectivity index (χ0n) is 10.4. The van der Waals surface area contributed by atoms with Crippen molar-refractivity contribution >= 4 is 29.3 Å². The fraction of sp³-hybridized carbons (Fsp3) is 0.417. The Bertz CT molecular complexity index is 512. The first-order chi connectivity index (χ1) is 9.06. The van der Waals surface area contributed by atoms with Crippen molar-refractivity contribution in [1.82, 2.24) is 9.88 Å². The number of carbonyl (C=O) groups is 2. The summed E-state index contributed by atoms with van der Waals surface area (Å²) in [6.45, 7) is 2.62. The molecule has 1 aromatic rings. The molecule has 0 spiro atoms. The van der Waals surface area contributed by atoms with E-state index in [1.807, 2.05) is 12.3 Å². The molecule has 1 saturated heterocycles. The second-order valence-electron chi connectivity index (χ2n) is 4.11. The summed E-state index contributed by atoms with van der Waals surface area (Å²) in [5, 5.41) is 11.7. The minimum Gasteiger partial charge on any atom is -0.479 e. The van der Waals surface area contributed by atoms with Gasteiger partial charge in [-0.3, -0.25) is 4.79 Å².